The summed E-state index contributed by atoms with van der Waals surface area (Å²) in [6, 6.07) is 9.86. The first-order chi connectivity index (χ1) is 13.7. The number of carbonyl (C=O) groups excluding carboxylic acids is 1. The van der Waals surface area contributed by atoms with Crippen LogP contribution >= 0.6 is 11.6 Å². The Bertz CT molecular complexity index is 1150. The van der Waals surface area contributed by atoms with Gasteiger partial charge in [0, 0.05) is 6.20 Å². The minimum absolute atomic E-state index is 0.225. The normalized spacial score (nSPS) is 13.2. The maximum atomic E-state index is 12.1. The number of amides is 1. The number of alkyl carbamates (subject to hydrolysis) is 1. The average molecular weight is 414 g/mol. The first-order valence-corrected chi connectivity index (χ1v) is 9.26. The van der Waals surface area contributed by atoms with E-state index >= 15 is 0 Å². The summed E-state index contributed by atoms with van der Waals surface area (Å²) >= 11 is 6.27. The third kappa shape index (κ3) is 4.95. The second-order valence-electron chi connectivity index (χ2n) is 7.34. The molecule has 150 valence electrons. The maximum absolute atomic E-state index is 12.1. The smallest absolute Gasteiger partial charge is 0.408 e. The molecule has 1 aromatic carbocycles. The Balaban J connectivity index is 2.01. The van der Waals surface area contributed by atoms with Crippen molar-refractivity contribution in [1.29, 1.82) is 5.26 Å². The van der Waals surface area contributed by atoms with Crippen molar-refractivity contribution < 1.29 is 13.9 Å². The van der Waals surface area contributed by atoms with Crippen molar-refractivity contribution in [3.05, 3.63) is 58.6 Å². The Labute approximate surface area is 172 Å². The van der Waals surface area contributed by atoms with E-state index in [1.165, 1.54) is 4.52 Å². The Kier molecular flexibility index (Phi) is 5.62. The Morgan fingerprint density at radius 1 is 1.34 bits per heavy atom. The molecular formula is C20H20ClN5O3. The quantitative estimate of drug-likeness (QED) is 0.690. The number of halogens is 1. The second kappa shape index (κ2) is 7.97. The molecule has 1 amide bonds. The maximum Gasteiger partial charge on any atom is 0.408 e. The summed E-state index contributed by atoms with van der Waals surface area (Å²) in [6.45, 7) is 7.06. The predicted octanol–water partition coefficient (Wildman–Crippen LogP) is 4.27. The van der Waals surface area contributed by atoms with Crippen molar-refractivity contribution in [3.8, 4) is 6.07 Å². The summed E-state index contributed by atoms with van der Waals surface area (Å²) in [4.78, 5) is 16.6. The topological polar surface area (TPSA) is 105 Å². The van der Waals surface area contributed by atoms with E-state index < -0.39 is 17.7 Å². The molecule has 1 atom stereocenters. The van der Waals surface area contributed by atoms with Gasteiger partial charge < -0.3 is 14.5 Å². The zero-order valence-electron chi connectivity index (χ0n) is 16.4. The molecule has 0 saturated heterocycles. The third-order valence-electron chi connectivity index (χ3n) is 3.76. The highest BCUT2D eigenvalue weighted by atomic mass is 35.5. The lowest BCUT2D eigenvalue weighted by molar-refractivity contribution is 0.0499. The van der Waals surface area contributed by atoms with Gasteiger partial charge in [-0.3, -0.25) is 0 Å². The number of hydrogen-bond donors (Lipinski definition) is 1. The van der Waals surface area contributed by atoms with Crippen molar-refractivity contribution in [2.24, 2.45) is 4.99 Å². The van der Waals surface area contributed by atoms with Gasteiger partial charge in [0.25, 0.3) is 0 Å². The van der Waals surface area contributed by atoms with Crippen molar-refractivity contribution in [3.63, 3.8) is 0 Å². The summed E-state index contributed by atoms with van der Waals surface area (Å²) in [5.74, 6) is 0.225. The van der Waals surface area contributed by atoms with Gasteiger partial charge in [-0.25, -0.2) is 14.3 Å². The zero-order chi connectivity index (χ0) is 21.2. The lowest BCUT2D eigenvalue weighted by Gasteiger charge is -2.21. The molecule has 0 aliphatic heterocycles. The van der Waals surface area contributed by atoms with Gasteiger partial charge in [-0.1, -0.05) is 11.6 Å². The first-order valence-electron chi connectivity index (χ1n) is 8.88. The number of nitriles is 1. The van der Waals surface area contributed by atoms with Gasteiger partial charge in [-0.2, -0.15) is 5.26 Å². The van der Waals surface area contributed by atoms with Crippen molar-refractivity contribution in [1.82, 2.24) is 14.9 Å². The first kappa shape index (κ1) is 20.4. The summed E-state index contributed by atoms with van der Waals surface area (Å²) in [5, 5.41) is 16.4. The van der Waals surface area contributed by atoms with Crippen LogP contribution in [-0.4, -0.2) is 21.3 Å². The molecule has 9 heteroatoms. The molecule has 3 rings (SSSR count). The van der Waals surface area contributed by atoms with Crippen LogP contribution < -0.4 is 10.9 Å². The van der Waals surface area contributed by atoms with E-state index in [0.29, 0.717) is 21.8 Å². The van der Waals surface area contributed by atoms with Crippen LogP contribution in [0.2, 0.25) is 5.02 Å². The number of aromatic nitrogens is 2. The Morgan fingerprint density at radius 2 is 2.03 bits per heavy atom. The van der Waals surface area contributed by atoms with Gasteiger partial charge in [-0.05, 0) is 58.0 Å². The standard InChI is InChI=1S/C20H20ClN5O3/c1-12(23-19(27)29-20(2,3)4)17-25-26-10-9-15(21)16(26)18(28-17)24-14-7-5-13(11-22)6-8-14/h5-10,12H,1-4H3,(H,23,27). The van der Waals surface area contributed by atoms with Gasteiger partial charge >= 0.3 is 6.09 Å². The van der Waals surface area contributed by atoms with E-state index in [1.807, 2.05) is 0 Å². The zero-order valence-corrected chi connectivity index (χ0v) is 17.2. The predicted molar refractivity (Wildman–Crippen MR) is 107 cm³/mol. The van der Waals surface area contributed by atoms with Crippen LogP contribution in [0.15, 0.2) is 45.9 Å². The molecule has 8 nitrogen and oxygen atoms in total. The number of benzene rings is 1. The van der Waals surface area contributed by atoms with Gasteiger partial charge in [0.1, 0.15) is 17.2 Å². The second-order valence-corrected chi connectivity index (χ2v) is 7.75. The van der Waals surface area contributed by atoms with Gasteiger partial charge in [-0.15, -0.1) is 5.10 Å². The molecule has 1 N–H and O–H groups in total. The molecule has 0 radical (unpaired) electrons. The summed E-state index contributed by atoms with van der Waals surface area (Å²) in [5.41, 5.74) is 1.20. The van der Waals surface area contributed by atoms with Crippen LogP contribution in [0.4, 0.5) is 10.5 Å². The van der Waals surface area contributed by atoms with E-state index in [1.54, 1.807) is 64.2 Å². The van der Waals surface area contributed by atoms with E-state index in [4.69, 9.17) is 26.0 Å². The number of ether oxygens (including phenoxy) is 1. The third-order valence-corrected chi connectivity index (χ3v) is 4.06. The molecule has 0 fully saturated rings. The molecule has 2 heterocycles. The molecule has 0 saturated carbocycles. The molecule has 3 aromatic rings. The molecule has 29 heavy (non-hydrogen) atoms. The summed E-state index contributed by atoms with van der Waals surface area (Å²) in [6.07, 6.45) is 1.09. The van der Waals surface area contributed by atoms with Crippen LogP contribution in [0, 0.1) is 11.3 Å². The van der Waals surface area contributed by atoms with Crippen molar-refractivity contribution in [2.75, 3.05) is 0 Å². The van der Waals surface area contributed by atoms with Crippen LogP contribution in [0.5, 0.6) is 0 Å². The number of nitrogens with zero attached hydrogens (tertiary/aromatic N) is 4. The lowest BCUT2D eigenvalue weighted by atomic mass is 10.2. The van der Waals surface area contributed by atoms with E-state index in [2.05, 4.69) is 21.5 Å². The van der Waals surface area contributed by atoms with Gasteiger partial charge in [0.15, 0.2) is 0 Å². The van der Waals surface area contributed by atoms with E-state index in [0.717, 1.165) is 0 Å². The molecule has 1 unspecified atom stereocenters. The number of rotatable bonds is 3. The molecule has 0 aliphatic carbocycles. The van der Waals surface area contributed by atoms with Crippen LogP contribution in [0.1, 0.15) is 45.2 Å². The summed E-state index contributed by atoms with van der Waals surface area (Å²) in [7, 11) is 0. The highest BCUT2D eigenvalue weighted by Crippen LogP contribution is 2.18. The fourth-order valence-corrected chi connectivity index (χ4v) is 2.70. The Morgan fingerprint density at radius 3 is 2.66 bits per heavy atom. The number of hydrogen-bond acceptors (Lipinski definition) is 6. The fraction of sp³-hybridized carbons (Fsp3) is 0.300. The van der Waals surface area contributed by atoms with Crippen molar-refractivity contribution in [2.45, 2.75) is 39.3 Å². The number of fused-ring (bicyclic) bond motifs is 1. The minimum Gasteiger partial charge on any atom is -0.444 e. The molecule has 2 aromatic heterocycles. The van der Waals surface area contributed by atoms with Gasteiger partial charge in [0.05, 0.1) is 22.3 Å². The minimum atomic E-state index is -0.623. The largest absolute Gasteiger partial charge is 0.444 e. The molecule has 0 spiro atoms. The average Bonchev–Trinajstić information content (AvgIpc) is 3.02. The lowest BCUT2D eigenvalue weighted by Crippen LogP contribution is -2.34. The van der Waals surface area contributed by atoms with E-state index in [-0.39, 0.29) is 11.4 Å². The Hall–Kier alpha value is -3.31. The monoisotopic (exact) mass is 413 g/mol. The summed E-state index contributed by atoms with van der Waals surface area (Å²) < 4.78 is 12.7. The molecule has 0 aliphatic rings. The van der Waals surface area contributed by atoms with E-state index in [9.17, 15) is 4.79 Å². The number of carbonyl (C=O) groups is 1. The van der Waals surface area contributed by atoms with Crippen LogP contribution in [-0.2, 0) is 4.74 Å². The SMILES string of the molecule is CC(NC(=O)OC(C)(C)C)c1nn2ccc(Cl)c2c(=Nc2ccc(C#N)cc2)o1. The van der Waals surface area contributed by atoms with Gasteiger partial charge in [0.2, 0.25) is 11.4 Å². The highest BCUT2D eigenvalue weighted by Gasteiger charge is 2.21. The van der Waals surface area contributed by atoms with Crippen molar-refractivity contribution >= 4 is 28.9 Å². The van der Waals surface area contributed by atoms with Crippen LogP contribution in [0.3, 0.4) is 0 Å². The molecular weight excluding hydrogens is 394 g/mol. The highest BCUT2D eigenvalue weighted by molar-refractivity contribution is 6.33. The fourth-order valence-electron chi connectivity index (χ4n) is 2.48. The molecule has 0 bridgehead atoms. The number of nitrogens with one attached hydrogen (secondary N) is 1. The van der Waals surface area contributed by atoms with Crippen LogP contribution in [0.25, 0.3) is 5.52 Å².